The first kappa shape index (κ1) is 16.5. The number of aromatic amines is 1. The van der Waals surface area contributed by atoms with Crippen molar-refractivity contribution in [1.82, 2.24) is 14.9 Å². The summed E-state index contributed by atoms with van der Waals surface area (Å²) in [5, 5.41) is 14.4. The van der Waals surface area contributed by atoms with Crippen LogP contribution in [-0.2, 0) is 6.42 Å². The molecule has 0 amide bonds. The zero-order valence-electron chi connectivity index (χ0n) is 14.1. The molecule has 2 aromatic rings. The molecule has 1 aliphatic heterocycles. The maximum absolute atomic E-state index is 12.7. The molecule has 2 aliphatic rings. The van der Waals surface area contributed by atoms with Crippen LogP contribution in [0.2, 0.25) is 0 Å². The molecule has 1 saturated carbocycles. The van der Waals surface area contributed by atoms with Crippen molar-refractivity contribution in [2.45, 2.75) is 50.6 Å². The van der Waals surface area contributed by atoms with Gasteiger partial charge in [-0.25, -0.2) is 0 Å². The Morgan fingerprint density at radius 3 is 2.72 bits per heavy atom. The van der Waals surface area contributed by atoms with Crippen molar-refractivity contribution in [3.8, 4) is 5.88 Å². The van der Waals surface area contributed by atoms with Gasteiger partial charge in [0.15, 0.2) is 4.77 Å². The van der Waals surface area contributed by atoms with Crippen LogP contribution in [0.5, 0.6) is 5.88 Å². The van der Waals surface area contributed by atoms with E-state index in [2.05, 4.69) is 16.4 Å². The number of benzene rings is 1. The Kier molecular flexibility index (Phi) is 4.48. The van der Waals surface area contributed by atoms with Gasteiger partial charge in [-0.05, 0) is 42.6 Å². The van der Waals surface area contributed by atoms with Gasteiger partial charge >= 0.3 is 0 Å². The SMILES string of the molecule is O=c1[nH]c(=S)n(C2CCCCC2)c(O)c1C1NCCc2ccccc21. The summed E-state index contributed by atoms with van der Waals surface area (Å²) in [5.41, 5.74) is 2.36. The summed E-state index contributed by atoms with van der Waals surface area (Å²) >= 11 is 5.37. The molecular formula is C19H23N3O2S. The van der Waals surface area contributed by atoms with Crippen LogP contribution in [0.3, 0.4) is 0 Å². The fraction of sp³-hybridized carbons (Fsp3) is 0.474. The second-order valence-corrected chi connectivity index (χ2v) is 7.38. The summed E-state index contributed by atoms with van der Waals surface area (Å²) in [6, 6.07) is 7.96. The molecule has 6 heteroatoms. The van der Waals surface area contributed by atoms with Crippen molar-refractivity contribution in [1.29, 1.82) is 0 Å². The average molecular weight is 357 g/mol. The normalized spacial score (nSPS) is 21.0. The lowest BCUT2D eigenvalue weighted by molar-refractivity contribution is 0.297. The highest BCUT2D eigenvalue weighted by molar-refractivity contribution is 7.71. The molecule has 1 aliphatic carbocycles. The Morgan fingerprint density at radius 1 is 1.16 bits per heavy atom. The molecule has 1 aromatic heterocycles. The van der Waals surface area contributed by atoms with E-state index in [0.717, 1.165) is 44.2 Å². The molecule has 0 radical (unpaired) electrons. The van der Waals surface area contributed by atoms with Crippen LogP contribution in [0.4, 0.5) is 0 Å². The van der Waals surface area contributed by atoms with Gasteiger partial charge in [0, 0.05) is 12.6 Å². The minimum Gasteiger partial charge on any atom is -0.494 e. The van der Waals surface area contributed by atoms with Gasteiger partial charge in [0.05, 0.1) is 11.6 Å². The fourth-order valence-electron chi connectivity index (χ4n) is 4.25. The summed E-state index contributed by atoms with van der Waals surface area (Å²) in [4.78, 5) is 15.5. The van der Waals surface area contributed by atoms with Gasteiger partial charge in [-0.3, -0.25) is 14.3 Å². The van der Waals surface area contributed by atoms with Gasteiger partial charge in [0.1, 0.15) is 0 Å². The van der Waals surface area contributed by atoms with Crippen molar-refractivity contribution in [3.63, 3.8) is 0 Å². The van der Waals surface area contributed by atoms with Crippen molar-refractivity contribution in [2.24, 2.45) is 0 Å². The number of hydrogen-bond acceptors (Lipinski definition) is 4. The molecule has 1 fully saturated rings. The predicted molar refractivity (Wildman–Crippen MR) is 99.7 cm³/mol. The number of aromatic nitrogens is 2. The maximum atomic E-state index is 12.7. The quantitative estimate of drug-likeness (QED) is 0.721. The predicted octanol–water partition coefficient (Wildman–Crippen LogP) is 3.35. The molecule has 1 aromatic carbocycles. The molecular weight excluding hydrogens is 334 g/mol. The Balaban J connectivity index is 1.86. The van der Waals surface area contributed by atoms with Crippen LogP contribution >= 0.6 is 12.2 Å². The van der Waals surface area contributed by atoms with Gasteiger partial charge < -0.3 is 10.4 Å². The second kappa shape index (κ2) is 6.77. The first-order chi connectivity index (χ1) is 12.2. The summed E-state index contributed by atoms with van der Waals surface area (Å²) in [5.74, 6) is 0.0230. The number of aromatic hydroxyl groups is 1. The van der Waals surface area contributed by atoms with Gasteiger partial charge in [-0.15, -0.1) is 0 Å². The zero-order valence-corrected chi connectivity index (χ0v) is 14.9. The number of hydrogen-bond donors (Lipinski definition) is 3. The van der Waals surface area contributed by atoms with Crippen LogP contribution in [0.1, 0.15) is 60.9 Å². The van der Waals surface area contributed by atoms with Crippen molar-refractivity contribution in [3.05, 3.63) is 56.1 Å². The third kappa shape index (κ3) is 2.93. The van der Waals surface area contributed by atoms with E-state index in [0.29, 0.717) is 10.3 Å². The van der Waals surface area contributed by atoms with E-state index in [1.54, 1.807) is 4.57 Å². The Hall–Kier alpha value is -1.92. The fourth-order valence-corrected chi connectivity index (χ4v) is 4.58. The molecule has 4 rings (SSSR count). The third-order valence-corrected chi connectivity index (χ3v) is 5.79. The van der Waals surface area contributed by atoms with E-state index >= 15 is 0 Å². The first-order valence-electron chi connectivity index (χ1n) is 9.05. The molecule has 1 unspecified atom stereocenters. The van der Waals surface area contributed by atoms with Crippen molar-refractivity contribution < 1.29 is 5.11 Å². The number of H-pyrrole nitrogens is 1. The van der Waals surface area contributed by atoms with Crippen LogP contribution < -0.4 is 10.9 Å². The highest BCUT2D eigenvalue weighted by Gasteiger charge is 2.29. The monoisotopic (exact) mass is 357 g/mol. The Morgan fingerprint density at radius 2 is 1.92 bits per heavy atom. The van der Waals surface area contributed by atoms with Crippen LogP contribution in [0, 0.1) is 4.77 Å². The molecule has 132 valence electrons. The van der Waals surface area contributed by atoms with Gasteiger partial charge in [-0.2, -0.15) is 0 Å². The Bertz CT molecular complexity index is 896. The lowest BCUT2D eigenvalue weighted by atomic mass is 9.90. The van der Waals surface area contributed by atoms with E-state index in [4.69, 9.17) is 12.2 Å². The highest BCUT2D eigenvalue weighted by Crippen LogP contribution is 2.36. The van der Waals surface area contributed by atoms with E-state index in [1.807, 2.05) is 18.2 Å². The number of rotatable bonds is 2. The molecule has 2 heterocycles. The van der Waals surface area contributed by atoms with Crippen molar-refractivity contribution in [2.75, 3.05) is 6.54 Å². The maximum Gasteiger partial charge on any atom is 0.260 e. The third-order valence-electron chi connectivity index (χ3n) is 5.49. The molecule has 1 atom stereocenters. The molecule has 25 heavy (non-hydrogen) atoms. The van der Waals surface area contributed by atoms with Gasteiger partial charge in [0.25, 0.3) is 5.56 Å². The molecule has 3 N–H and O–H groups in total. The second-order valence-electron chi connectivity index (χ2n) is 6.99. The van der Waals surface area contributed by atoms with E-state index < -0.39 is 0 Å². The number of nitrogens with one attached hydrogen (secondary N) is 2. The standard InChI is InChI=1S/C19H23N3O2S/c23-17-15(16-14-9-5-4-6-12(14)10-11-20-16)18(24)22(19(25)21-17)13-7-2-1-3-8-13/h4-6,9,13,16,20,24H,1-3,7-8,10-11H2,(H,21,23,25). The number of fused-ring (bicyclic) bond motifs is 1. The lowest BCUT2D eigenvalue weighted by Gasteiger charge is -2.30. The summed E-state index contributed by atoms with van der Waals surface area (Å²) in [6.07, 6.45) is 6.38. The van der Waals surface area contributed by atoms with Crippen LogP contribution in [0.15, 0.2) is 29.1 Å². The smallest absolute Gasteiger partial charge is 0.260 e. The Labute approximate surface area is 151 Å². The minimum atomic E-state index is -0.306. The molecule has 5 nitrogen and oxygen atoms in total. The topological polar surface area (TPSA) is 70.0 Å². The lowest BCUT2D eigenvalue weighted by Crippen LogP contribution is -2.35. The van der Waals surface area contributed by atoms with Crippen LogP contribution in [-0.4, -0.2) is 21.2 Å². The first-order valence-corrected chi connectivity index (χ1v) is 9.46. The van der Waals surface area contributed by atoms with Crippen LogP contribution in [0.25, 0.3) is 0 Å². The summed E-state index contributed by atoms with van der Waals surface area (Å²) in [7, 11) is 0. The largest absolute Gasteiger partial charge is 0.494 e. The van der Waals surface area contributed by atoms with E-state index in [1.165, 1.54) is 12.0 Å². The van der Waals surface area contributed by atoms with E-state index in [-0.39, 0.29) is 23.5 Å². The average Bonchev–Trinajstić information content (AvgIpc) is 2.62. The number of nitrogens with zero attached hydrogens (tertiary/aromatic N) is 1. The highest BCUT2D eigenvalue weighted by atomic mass is 32.1. The summed E-state index contributed by atoms with van der Waals surface area (Å²) in [6.45, 7) is 0.777. The molecule has 0 spiro atoms. The van der Waals surface area contributed by atoms with Gasteiger partial charge in [-0.1, -0.05) is 43.5 Å². The van der Waals surface area contributed by atoms with Crippen molar-refractivity contribution >= 4 is 12.2 Å². The zero-order chi connectivity index (χ0) is 17.4. The minimum absolute atomic E-state index is 0.0230. The van der Waals surface area contributed by atoms with Gasteiger partial charge in [0.2, 0.25) is 5.88 Å². The molecule has 0 saturated heterocycles. The summed E-state index contributed by atoms with van der Waals surface area (Å²) < 4.78 is 2.09. The van der Waals surface area contributed by atoms with E-state index in [9.17, 15) is 9.90 Å². The molecule has 0 bridgehead atoms.